The predicted octanol–water partition coefficient (Wildman–Crippen LogP) is 4.63. The molecule has 0 bridgehead atoms. The summed E-state index contributed by atoms with van der Waals surface area (Å²) in [5, 5.41) is 14.4. The number of nitrogens with zero attached hydrogens (tertiary/aromatic N) is 3. The van der Waals surface area contributed by atoms with Crippen molar-refractivity contribution in [2.75, 3.05) is 11.1 Å². The molecule has 5 nitrogen and oxygen atoms in total. The van der Waals surface area contributed by atoms with Crippen LogP contribution in [0.15, 0.2) is 40.9 Å². The smallest absolute Gasteiger partial charge is 0.234 e. The quantitative estimate of drug-likeness (QED) is 0.602. The van der Waals surface area contributed by atoms with E-state index in [1.54, 1.807) is 11.3 Å². The number of carbonyl (C=O) groups is 1. The topological polar surface area (TPSA) is 59.8 Å². The van der Waals surface area contributed by atoms with Crippen LogP contribution >= 0.6 is 23.1 Å². The van der Waals surface area contributed by atoms with E-state index < -0.39 is 0 Å². The number of amides is 1. The van der Waals surface area contributed by atoms with Gasteiger partial charge in [0, 0.05) is 28.1 Å². The van der Waals surface area contributed by atoms with Crippen LogP contribution in [0, 0.1) is 6.92 Å². The van der Waals surface area contributed by atoms with Gasteiger partial charge in [-0.05, 0) is 38.5 Å². The van der Waals surface area contributed by atoms with Crippen LogP contribution in [0.3, 0.4) is 0 Å². The Labute approximate surface area is 161 Å². The second-order valence-corrected chi connectivity index (χ2v) is 7.85. The van der Waals surface area contributed by atoms with Gasteiger partial charge in [0.05, 0.1) is 5.75 Å². The van der Waals surface area contributed by atoms with Gasteiger partial charge in [0.15, 0.2) is 11.0 Å². The molecule has 7 heteroatoms. The van der Waals surface area contributed by atoms with Gasteiger partial charge >= 0.3 is 0 Å². The molecular weight excluding hydrogens is 364 g/mol. The lowest BCUT2D eigenvalue weighted by molar-refractivity contribution is -0.113. The minimum Gasteiger partial charge on any atom is -0.325 e. The zero-order valence-electron chi connectivity index (χ0n) is 15.2. The summed E-state index contributed by atoms with van der Waals surface area (Å²) in [7, 11) is 0. The standard InChI is InChI=1S/C19H22N4OS2/c1-4-16-10-14(11-25-16)18-21-22-19(23(18)5-2)26-12-17(24)20-15-8-6-13(3)7-9-15/h6-11H,4-5,12H2,1-3H3,(H,20,24). The average Bonchev–Trinajstić information content (AvgIpc) is 3.27. The van der Waals surface area contributed by atoms with Gasteiger partial charge in [0.25, 0.3) is 0 Å². The van der Waals surface area contributed by atoms with Crippen molar-refractivity contribution < 1.29 is 4.79 Å². The summed E-state index contributed by atoms with van der Waals surface area (Å²) in [5.41, 5.74) is 3.07. The second kappa shape index (κ2) is 8.51. The van der Waals surface area contributed by atoms with Crippen molar-refractivity contribution in [2.24, 2.45) is 0 Å². The van der Waals surface area contributed by atoms with Crippen molar-refractivity contribution in [3.63, 3.8) is 0 Å². The summed E-state index contributed by atoms with van der Waals surface area (Å²) >= 11 is 3.15. The van der Waals surface area contributed by atoms with E-state index in [-0.39, 0.29) is 5.91 Å². The summed E-state index contributed by atoms with van der Waals surface area (Å²) in [6.07, 6.45) is 1.02. The van der Waals surface area contributed by atoms with Gasteiger partial charge in [-0.25, -0.2) is 0 Å². The Hall–Kier alpha value is -2.12. The summed E-state index contributed by atoms with van der Waals surface area (Å²) < 4.78 is 2.06. The maximum atomic E-state index is 12.2. The lowest BCUT2D eigenvalue weighted by atomic mass is 10.2. The summed E-state index contributed by atoms with van der Waals surface area (Å²) in [4.78, 5) is 13.5. The Morgan fingerprint density at radius 2 is 2.00 bits per heavy atom. The molecule has 3 rings (SSSR count). The second-order valence-electron chi connectivity index (χ2n) is 5.91. The van der Waals surface area contributed by atoms with Gasteiger partial charge in [0.1, 0.15) is 0 Å². The summed E-state index contributed by atoms with van der Waals surface area (Å²) in [6.45, 7) is 7.00. The first-order valence-corrected chi connectivity index (χ1v) is 10.5. The number of aryl methyl sites for hydroxylation is 2. The molecule has 26 heavy (non-hydrogen) atoms. The molecule has 0 aliphatic heterocycles. The van der Waals surface area contributed by atoms with Crippen LogP contribution in [0.25, 0.3) is 11.4 Å². The number of carbonyl (C=O) groups excluding carboxylic acids is 1. The normalized spacial score (nSPS) is 10.9. The van der Waals surface area contributed by atoms with Gasteiger partial charge in [-0.1, -0.05) is 36.4 Å². The number of hydrogen-bond donors (Lipinski definition) is 1. The average molecular weight is 387 g/mol. The van der Waals surface area contributed by atoms with Crippen LogP contribution in [0.4, 0.5) is 5.69 Å². The Bertz CT molecular complexity index is 883. The highest BCUT2D eigenvalue weighted by Gasteiger charge is 2.15. The van der Waals surface area contributed by atoms with E-state index in [0.29, 0.717) is 5.75 Å². The third kappa shape index (κ3) is 4.34. The van der Waals surface area contributed by atoms with Gasteiger partial charge in [-0.3, -0.25) is 4.79 Å². The van der Waals surface area contributed by atoms with Gasteiger partial charge in [0.2, 0.25) is 5.91 Å². The molecule has 0 spiro atoms. The number of aromatic nitrogens is 3. The van der Waals surface area contributed by atoms with E-state index in [2.05, 4.69) is 45.4 Å². The predicted molar refractivity (Wildman–Crippen MR) is 109 cm³/mol. The molecule has 0 unspecified atom stereocenters. The van der Waals surface area contributed by atoms with Crippen molar-refractivity contribution >= 4 is 34.7 Å². The first-order chi connectivity index (χ1) is 12.6. The lowest BCUT2D eigenvalue weighted by Gasteiger charge is -2.07. The Morgan fingerprint density at radius 1 is 1.23 bits per heavy atom. The molecule has 0 aliphatic carbocycles. The number of rotatable bonds is 7. The summed E-state index contributed by atoms with van der Waals surface area (Å²) in [5.74, 6) is 1.12. The number of nitrogens with one attached hydrogen (secondary N) is 1. The van der Waals surface area contributed by atoms with E-state index >= 15 is 0 Å². The van der Waals surface area contributed by atoms with E-state index in [9.17, 15) is 4.79 Å². The van der Waals surface area contributed by atoms with Crippen LogP contribution in [0.2, 0.25) is 0 Å². The fourth-order valence-corrected chi connectivity index (χ4v) is 4.16. The molecule has 0 aliphatic rings. The van der Waals surface area contributed by atoms with Crippen molar-refractivity contribution in [3.8, 4) is 11.4 Å². The molecule has 2 aromatic heterocycles. The molecule has 136 valence electrons. The molecule has 3 aromatic rings. The zero-order chi connectivity index (χ0) is 18.5. The van der Waals surface area contributed by atoms with Crippen LogP contribution in [0.5, 0.6) is 0 Å². The highest BCUT2D eigenvalue weighted by atomic mass is 32.2. The Balaban J connectivity index is 1.66. The van der Waals surface area contributed by atoms with E-state index in [0.717, 1.165) is 35.2 Å². The summed E-state index contributed by atoms with van der Waals surface area (Å²) in [6, 6.07) is 9.95. The SMILES string of the molecule is CCc1cc(-c2nnc(SCC(=O)Nc3ccc(C)cc3)n2CC)cs1. The highest BCUT2D eigenvalue weighted by Crippen LogP contribution is 2.28. The Kier molecular flexibility index (Phi) is 6.11. The fourth-order valence-electron chi connectivity index (χ4n) is 2.54. The van der Waals surface area contributed by atoms with Crippen LogP contribution in [-0.4, -0.2) is 26.4 Å². The fraction of sp³-hybridized carbons (Fsp3) is 0.316. The van der Waals surface area contributed by atoms with Gasteiger partial charge in [-0.2, -0.15) is 0 Å². The van der Waals surface area contributed by atoms with Crippen molar-refractivity contribution in [3.05, 3.63) is 46.2 Å². The lowest BCUT2D eigenvalue weighted by Crippen LogP contribution is -2.14. The first kappa shape index (κ1) is 18.7. The minimum atomic E-state index is -0.0464. The van der Waals surface area contributed by atoms with Crippen molar-refractivity contribution in [1.82, 2.24) is 14.8 Å². The number of thiophene rings is 1. The van der Waals surface area contributed by atoms with Gasteiger partial charge in [-0.15, -0.1) is 21.5 Å². The van der Waals surface area contributed by atoms with Crippen molar-refractivity contribution in [2.45, 2.75) is 38.9 Å². The molecule has 1 amide bonds. The van der Waals surface area contributed by atoms with E-state index in [1.165, 1.54) is 22.2 Å². The minimum absolute atomic E-state index is 0.0464. The largest absolute Gasteiger partial charge is 0.325 e. The molecule has 2 heterocycles. The molecule has 1 aromatic carbocycles. The van der Waals surface area contributed by atoms with Crippen LogP contribution in [0.1, 0.15) is 24.3 Å². The number of benzene rings is 1. The molecule has 0 saturated carbocycles. The third-order valence-corrected chi connectivity index (χ3v) is 6.01. The molecule has 1 N–H and O–H groups in total. The Morgan fingerprint density at radius 3 is 2.65 bits per heavy atom. The van der Waals surface area contributed by atoms with Gasteiger partial charge < -0.3 is 9.88 Å². The zero-order valence-corrected chi connectivity index (χ0v) is 16.8. The van der Waals surface area contributed by atoms with Crippen LogP contribution < -0.4 is 5.32 Å². The number of anilines is 1. The molecule has 0 atom stereocenters. The maximum Gasteiger partial charge on any atom is 0.234 e. The molecular formula is C19H22N4OS2. The van der Waals surface area contributed by atoms with Crippen molar-refractivity contribution in [1.29, 1.82) is 0 Å². The molecule has 0 saturated heterocycles. The van der Waals surface area contributed by atoms with E-state index in [4.69, 9.17) is 0 Å². The number of hydrogen-bond acceptors (Lipinski definition) is 5. The molecule has 0 fully saturated rings. The number of thioether (sulfide) groups is 1. The highest BCUT2D eigenvalue weighted by molar-refractivity contribution is 7.99. The van der Waals surface area contributed by atoms with E-state index in [1.807, 2.05) is 31.2 Å². The third-order valence-electron chi connectivity index (χ3n) is 3.96. The van der Waals surface area contributed by atoms with Crippen LogP contribution in [-0.2, 0) is 17.8 Å². The maximum absolute atomic E-state index is 12.2. The monoisotopic (exact) mass is 386 g/mol. The molecule has 0 radical (unpaired) electrons. The first-order valence-electron chi connectivity index (χ1n) is 8.61.